The molecule has 1 aromatic carbocycles. The first-order chi connectivity index (χ1) is 9.93. The summed E-state index contributed by atoms with van der Waals surface area (Å²) in [6, 6.07) is 6.66. The zero-order valence-corrected chi connectivity index (χ0v) is 15.8. The molecule has 1 rings (SSSR count). The number of rotatable bonds is 9. The summed E-state index contributed by atoms with van der Waals surface area (Å²) in [5.74, 6) is 1.49. The van der Waals surface area contributed by atoms with Crippen LogP contribution in [0.5, 0.6) is 0 Å². The second-order valence-corrected chi connectivity index (χ2v) is 7.57. The van der Waals surface area contributed by atoms with Crippen LogP contribution < -0.4 is 10.2 Å². The molecule has 0 spiro atoms. The second kappa shape index (κ2) is 9.47. The summed E-state index contributed by atoms with van der Waals surface area (Å²) >= 11 is 3.59. The summed E-state index contributed by atoms with van der Waals surface area (Å²) in [4.78, 5) is 2.57. The lowest BCUT2D eigenvalue weighted by molar-refractivity contribution is 0.534. The number of nitrogens with zero attached hydrogens (tertiary/aromatic N) is 1. The molecule has 0 saturated heterocycles. The molecule has 0 unspecified atom stereocenters. The third kappa shape index (κ3) is 6.84. The Kier molecular flexibility index (Phi) is 8.35. The van der Waals surface area contributed by atoms with E-state index in [4.69, 9.17) is 0 Å². The first-order valence-corrected chi connectivity index (χ1v) is 8.91. The molecule has 0 fully saturated rings. The first-order valence-electron chi connectivity index (χ1n) is 8.12. The Balaban J connectivity index is 2.93. The molecule has 21 heavy (non-hydrogen) atoms. The zero-order valence-electron chi connectivity index (χ0n) is 14.2. The Morgan fingerprint density at radius 2 is 1.62 bits per heavy atom. The molecule has 1 N–H and O–H groups in total. The Bertz CT molecular complexity index is 404. The van der Waals surface area contributed by atoms with E-state index in [2.05, 4.69) is 72.0 Å². The van der Waals surface area contributed by atoms with Crippen molar-refractivity contribution >= 4 is 21.6 Å². The van der Waals surface area contributed by atoms with Crippen molar-refractivity contribution in [1.82, 2.24) is 5.32 Å². The fourth-order valence-corrected chi connectivity index (χ4v) is 2.78. The minimum atomic E-state index is 0.745. The van der Waals surface area contributed by atoms with E-state index in [1.54, 1.807) is 0 Å². The second-order valence-electron chi connectivity index (χ2n) is 6.66. The Morgan fingerprint density at radius 3 is 2.10 bits per heavy atom. The first kappa shape index (κ1) is 18.5. The average Bonchev–Trinajstić information content (AvgIpc) is 2.40. The standard InChI is InChI=1S/C18H31BrN2/c1-14(2)8-10-21(11-9-15(3)4)18-7-6-17(19)12-16(18)13-20-5/h6-7,12,14-15,20H,8-11,13H2,1-5H3. The van der Waals surface area contributed by atoms with Crippen molar-refractivity contribution in [2.75, 3.05) is 25.0 Å². The summed E-state index contributed by atoms with van der Waals surface area (Å²) in [5, 5.41) is 3.29. The lowest BCUT2D eigenvalue weighted by Crippen LogP contribution is -2.29. The van der Waals surface area contributed by atoms with Crippen molar-refractivity contribution in [2.45, 2.75) is 47.1 Å². The third-order valence-electron chi connectivity index (χ3n) is 3.70. The predicted octanol–water partition coefficient (Wildman–Crippen LogP) is 5.07. The van der Waals surface area contributed by atoms with E-state index in [9.17, 15) is 0 Å². The SMILES string of the molecule is CNCc1cc(Br)ccc1N(CCC(C)C)CCC(C)C. The molecule has 0 radical (unpaired) electrons. The van der Waals surface area contributed by atoms with E-state index < -0.39 is 0 Å². The summed E-state index contributed by atoms with van der Waals surface area (Å²) in [5.41, 5.74) is 2.76. The molecule has 3 heteroatoms. The average molecular weight is 355 g/mol. The van der Waals surface area contributed by atoms with Gasteiger partial charge in [-0.1, -0.05) is 43.6 Å². The van der Waals surface area contributed by atoms with Crippen LogP contribution in [0.2, 0.25) is 0 Å². The van der Waals surface area contributed by atoms with E-state index in [0.717, 1.165) is 35.9 Å². The van der Waals surface area contributed by atoms with Crippen molar-refractivity contribution in [3.8, 4) is 0 Å². The molecule has 2 nitrogen and oxygen atoms in total. The molecular weight excluding hydrogens is 324 g/mol. The Morgan fingerprint density at radius 1 is 1.05 bits per heavy atom. The molecule has 1 aromatic rings. The number of nitrogens with one attached hydrogen (secondary N) is 1. The zero-order chi connectivity index (χ0) is 15.8. The lowest BCUT2D eigenvalue weighted by Gasteiger charge is -2.29. The van der Waals surface area contributed by atoms with E-state index in [1.807, 2.05) is 7.05 Å². The molecule has 0 aromatic heterocycles. The predicted molar refractivity (Wildman–Crippen MR) is 98.0 cm³/mol. The number of hydrogen-bond donors (Lipinski definition) is 1. The molecule has 120 valence electrons. The van der Waals surface area contributed by atoms with Gasteiger partial charge in [-0.05, 0) is 55.5 Å². The summed E-state index contributed by atoms with van der Waals surface area (Å²) in [6.45, 7) is 12.4. The molecule has 0 heterocycles. The van der Waals surface area contributed by atoms with Crippen molar-refractivity contribution in [2.24, 2.45) is 11.8 Å². The van der Waals surface area contributed by atoms with Gasteiger partial charge in [-0.25, -0.2) is 0 Å². The lowest BCUT2D eigenvalue weighted by atomic mass is 10.1. The van der Waals surface area contributed by atoms with Crippen LogP contribution >= 0.6 is 15.9 Å². The van der Waals surface area contributed by atoms with Crippen LogP contribution in [0.25, 0.3) is 0 Å². The van der Waals surface area contributed by atoms with Gasteiger partial charge in [-0.15, -0.1) is 0 Å². The quantitative estimate of drug-likeness (QED) is 0.665. The number of benzene rings is 1. The molecule has 0 atom stereocenters. The molecule has 0 aliphatic heterocycles. The molecule has 0 aliphatic rings. The smallest absolute Gasteiger partial charge is 0.0412 e. The maximum Gasteiger partial charge on any atom is 0.0412 e. The Labute approximate surface area is 139 Å². The van der Waals surface area contributed by atoms with Gasteiger partial charge in [0, 0.05) is 29.8 Å². The van der Waals surface area contributed by atoms with Gasteiger partial charge in [-0.3, -0.25) is 0 Å². The van der Waals surface area contributed by atoms with Crippen LogP contribution in [0.1, 0.15) is 46.1 Å². The van der Waals surface area contributed by atoms with Gasteiger partial charge in [0.1, 0.15) is 0 Å². The highest BCUT2D eigenvalue weighted by Gasteiger charge is 2.12. The molecule has 0 aliphatic carbocycles. The highest BCUT2D eigenvalue weighted by atomic mass is 79.9. The van der Waals surface area contributed by atoms with Crippen LogP contribution in [0.15, 0.2) is 22.7 Å². The van der Waals surface area contributed by atoms with Crippen LogP contribution in [0.3, 0.4) is 0 Å². The third-order valence-corrected chi connectivity index (χ3v) is 4.20. The normalized spacial score (nSPS) is 11.4. The minimum absolute atomic E-state index is 0.745. The van der Waals surface area contributed by atoms with E-state index >= 15 is 0 Å². The highest BCUT2D eigenvalue weighted by molar-refractivity contribution is 9.10. The Hall–Kier alpha value is -0.540. The largest absolute Gasteiger partial charge is 0.371 e. The summed E-state index contributed by atoms with van der Waals surface area (Å²) in [6.07, 6.45) is 2.49. The van der Waals surface area contributed by atoms with Crippen LogP contribution in [0, 0.1) is 11.8 Å². The van der Waals surface area contributed by atoms with Gasteiger partial charge in [0.25, 0.3) is 0 Å². The van der Waals surface area contributed by atoms with Crippen molar-refractivity contribution in [3.63, 3.8) is 0 Å². The number of hydrogen-bond acceptors (Lipinski definition) is 2. The van der Waals surface area contributed by atoms with E-state index in [0.29, 0.717) is 0 Å². The maximum atomic E-state index is 3.59. The van der Waals surface area contributed by atoms with Gasteiger partial charge in [0.15, 0.2) is 0 Å². The summed E-state index contributed by atoms with van der Waals surface area (Å²) < 4.78 is 1.16. The van der Waals surface area contributed by atoms with Crippen molar-refractivity contribution in [1.29, 1.82) is 0 Å². The van der Waals surface area contributed by atoms with Gasteiger partial charge < -0.3 is 10.2 Å². The molecule has 0 bridgehead atoms. The maximum absolute atomic E-state index is 3.59. The van der Waals surface area contributed by atoms with Crippen LogP contribution in [-0.2, 0) is 6.54 Å². The number of halogens is 1. The van der Waals surface area contributed by atoms with Crippen LogP contribution in [-0.4, -0.2) is 20.1 Å². The fourth-order valence-electron chi connectivity index (χ4n) is 2.38. The van der Waals surface area contributed by atoms with Gasteiger partial charge >= 0.3 is 0 Å². The fraction of sp³-hybridized carbons (Fsp3) is 0.667. The monoisotopic (exact) mass is 354 g/mol. The van der Waals surface area contributed by atoms with Gasteiger partial charge in [-0.2, -0.15) is 0 Å². The molecular formula is C18H31BrN2. The van der Waals surface area contributed by atoms with Crippen molar-refractivity contribution in [3.05, 3.63) is 28.2 Å². The van der Waals surface area contributed by atoms with Crippen molar-refractivity contribution < 1.29 is 0 Å². The molecule has 0 amide bonds. The summed E-state index contributed by atoms with van der Waals surface area (Å²) in [7, 11) is 2.01. The van der Waals surface area contributed by atoms with Crippen LogP contribution in [0.4, 0.5) is 5.69 Å². The highest BCUT2D eigenvalue weighted by Crippen LogP contribution is 2.26. The molecule has 0 saturated carbocycles. The van der Waals surface area contributed by atoms with Gasteiger partial charge in [0.05, 0.1) is 0 Å². The van der Waals surface area contributed by atoms with E-state index in [1.165, 1.54) is 24.1 Å². The van der Waals surface area contributed by atoms with Gasteiger partial charge in [0.2, 0.25) is 0 Å². The topological polar surface area (TPSA) is 15.3 Å². The van der Waals surface area contributed by atoms with E-state index in [-0.39, 0.29) is 0 Å². The number of anilines is 1. The minimum Gasteiger partial charge on any atom is -0.371 e.